The first-order valence-corrected chi connectivity index (χ1v) is 8.50. The van der Waals surface area contributed by atoms with Crippen LogP contribution < -0.4 is 15.4 Å². The van der Waals surface area contributed by atoms with Crippen molar-refractivity contribution in [2.75, 3.05) is 17.7 Å². The van der Waals surface area contributed by atoms with Gasteiger partial charge in [0.1, 0.15) is 5.75 Å². The molecule has 2 aromatic carbocycles. The van der Waals surface area contributed by atoms with E-state index in [0.29, 0.717) is 6.42 Å². The van der Waals surface area contributed by atoms with Crippen molar-refractivity contribution in [2.24, 2.45) is 0 Å². The zero-order chi connectivity index (χ0) is 16.8. The predicted octanol–water partition coefficient (Wildman–Crippen LogP) is 4.68. The monoisotopic (exact) mass is 338 g/mol. The summed E-state index contributed by atoms with van der Waals surface area (Å²) in [6.45, 7) is 0. The summed E-state index contributed by atoms with van der Waals surface area (Å²) in [5, 5.41) is 10.3. The van der Waals surface area contributed by atoms with Gasteiger partial charge in [-0.3, -0.25) is 4.79 Å². The number of para-hydroxylation sites is 2. The molecular weight excluding hydrogens is 320 g/mol. The third kappa shape index (κ3) is 4.14. The first kappa shape index (κ1) is 16.1. The van der Waals surface area contributed by atoms with Crippen molar-refractivity contribution in [3.63, 3.8) is 0 Å². The van der Waals surface area contributed by atoms with Crippen molar-refractivity contribution < 1.29 is 9.53 Å². The van der Waals surface area contributed by atoms with Crippen LogP contribution in [0.5, 0.6) is 5.75 Å². The van der Waals surface area contributed by atoms with Gasteiger partial charge < -0.3 is 15.4 Å². The summed E-state index contributed by atoms with van der Waals surface area (Å²) in [7, 11) is 1.64. The lowest BCUT2D eigenvalue weighted by Gasteiger charge is -2.13. The number of anilines is 3. The van der Waals surface area contributed by atoms with Crippen LogP contribution >= 0.6 is 11.3 Å². The summed E-state index contributed by atoms with van der Waals surface area (Å²) in [5.41, 5.74) is 3.56. The Morgan fingerprint density at radius 1 is 1.04 bits per heavy atom. The number of carbonyl (C=O) groups excluding carboxylic acids is 1. The Morgan fingerprint density at radius 3 is 2.46 bits per heavy atom. The number of ether oxygens (including phenoxy) is 1. The van der Waals surface area contributed by atoms with Crippen LogP contribution in [0, 0.1) is 0 Å². The highest BCUT2D eigenvalue weighted by Crippen LogP contribution is 2.26. The average Bonchev–Trinajstić information content (AvgIpc) is 3.10. The number of nitrogens with one attached hydrogen (secondary N) is 2. The van der Waals surface area contributed by atoms with Gasteiger partial charge in [-0.15, -0.1) is 0 Å². The fraction of sp³-hybridized carbons (Fsp3) is 0.105. The molecule has 0 bridgehead atoms. The second kappa shape index (κ2) is 7.66. The quantitative estimate of drug-likeness (QED) is 0.686. The van der Waals surface area contributed by atoms with Crippen molar-refractivity contribution >= 4 is 34.3 Å². The van der Waals surface area contributed by atoms with Crippen LogP contribution in [0.3, 0.4) is 0 Å². The fourth-order valence-corrected chi connectivity index (χ4v) is 2.97. The highest BCUT2D eigenvalue weighted by molar-refractivity contribution is 7.08. The Labute approximate surface area is 145 Å². The SMILES string of the molecule is COc1ccc(Nc2ccccc2NC(=O)Cc2ccsc2)cc1. The zero-order valence-corrected chi connectivity index (χ0v) is 14.1. The maximum absolute atomic E-state index is 12.2. The zero-order valence-electron chi connectivity index (χ0n) is 13.3. The van der Waals surface area contributed by atoms with Crippen molar-refractivity contribution in [3.8, 4) is 5.75 Å². The van der Waals surface area contributed by atoms with Gasteiger partial charge in [0.2, 0.25) is 5.91 Å². The number of hydrogen-bond acceptors (Lipinski definition) is 4. The molecule has 24 heavy (non-hydrogen) atoms. The molecule has 2 N–H and O–H groups in total. The molecule has 1 heterocycles. The van der Waals surface area contributed by atoms with Gasteiger partial charge in [0.05, 0.1) is 24.9 Å². The van der Waals surface area contributed by atoms with Crippen LogP contribution in [0.1, 0.15) is 5.56 Å². The van der Waals surface area contributed by atoms with Gasteiger partial charge in [0, 0.05) is 5.69 Å². The van der Waals surface area contributed by atoms with Gasteiger partial charge in [-0.25, -0.2) is 0 Å². The van der Waals surface area contributed by atoms with E-state index in [4.69, 9.17) is 4.74 Å². The van der Waals surface area contributed by atoms with E-state index in [1.165, 1.54) is 0 Å². The van der Waals surface area contributed by atoms with E-state index in [1.807, 2.05) is 65.4 Å². The number of rotatable bonds is 6. The van der Waals surface area contributed by atoms with Gasteiger partial charge in [0.25, 0.3) is 0 Å². The molecule has 5 heteroatoms. The highest BCUT2D eigenvalue weighted by Gasteiger charge is 2.08. The number of thiophene rings is 1. The Balaban J connectivity index is 1.71. The summed E-state index contributed by atoms with van der Waals surface area (Å²) in [4.78, 5) is 12.2. The Morgan fingerprint density at radius 2 is 1.79 bits per heavy atom. The number of methoxy groups -OCH3 is 1. The van der Waals surface area contributed by atoms with E-state index in [9.17, 15) is 4.79 Å². The Kier molecular flexibility index (Phi) is 5.13. The minimum absolute atomic E-state index is 0.0302. The van der Waals surface area contributed by atoms with Crippen LogP contribution in [0.4, 0.5) is 17.1 Å². The normalized spacial score (nSPS) is 10.2. The van der Waals surface area contributed by atoms with Crippen LogP contribution in [0.15, 0.2) is 65.4 Å². The van der Waals surface area contributed by atoms with Crippen molar-refractivity contribution in [1.29, 1.82) is 0 Å². The minimum Gasteiger partial charge on any atom is -0.497 e. The summed E-state index contributed by atoms with van der Waals surface area (Å²) >= 11 is 1.59. The molecule has 0 spiro atoms. The molecular formula is C19H18N2O2S. The number of benzene rings is 2. The summed E-state index contributed by atoms with van der Waals surface area (Å²) in [6.07, 6.45) is 0.375. The Bertz CT molecular complexity index is 798. The molecule has 0 aliphatic carbocycles. The molecule has 0 saturated heterocycles. The van der Waals surface area contributed by atoms with Gasteiger partial charge in [-0.1, -0.05) is 12.1 Å². The molecule has 3 aromatic rings. The van der Waals surface area contributed by atoms with Crippen LogP contribution in [-0.2, 0) is 11.2 Å². The lowest BCUT2D eigenvalue weighted by Crippen LogP contribution is -2.15. The lowest BCUT2D eigenvalue weighted by molar-refractivity contribution is -0.115. The Hall–Kier alpha value is -2.79. The third-order valence-electron chi connectivity index (χ3n) is 3.51. The molecule has 0 aliphatic heterocycles. The number of hydrogen-bond donors (Lipinski definition) is 2. The first-order valence-electron chi connectivity index (χ1n) is 7.55. The molecule has 0 aliphatic rings. The molecule has 122 valence electrons. The average molecular weight is 338 g/mol. The largest absolute Gasteiger partial charge is 0.497 e. The van der Waals surface area contributed by atoms with Crippen molar-refractivity contribution in [2.45, 2.75) is 6.42 Å². The maximum Gasteiger partial charge on any atom is 0.228 e. The lowest BCUT2D eigenvalue weighted by atomic mass is 10.2. The van der Waals surface area contributed by atoms with E-state index < -0.39 is 0 Å². The molecule has 0 radical (unpaired) electrons. The molecule has 4 nitrogen and oxygen atoms in total. The second-order valence-corrected chi connectivity index (χ2v) is 6.04. The molecule has 0 fully saturated rings. The van der Waals surface area contributed by atoms with Crippen molar-refractivity contribution in [1.82, 2.24) is 0 Å². The molecule has 3 rings (SSSR count). The van der Waals surface area contributed by atoms with Crippen LogP contribution in [0.2, 0.25) is 0 Å². The van der Waals surface area contributed by atoms with E-state index >= 15 is 0 Å². The highest BCUT2D eigenvalue weighted by atomic mass is 32.1. The number of amides is 1. The topological polar surface area (TPSA) is 50.4 Å². The van der Waals surface area contributed by atoms with E-state index in [2.05, 4.69) is 10.6 Å². The third-order valence-corrected chi connectivity index (χ3v) is 4.25. The van der Waals surface area contributed by atoms with E-state index in [-0.39, 0.29) is 5.91 Å². The summed E-state index contributed by atoms with van der Waals surface area (Å²) < 4.78 is 5.16. The van der Waals surface area contributed by atoms with E-state index in [0.717, 1.165) is 28.4 Å². The molecule has 1 aromatic heterocycles. The summed E-state index contributed by atoms with van der Waals surface area (Å²) in [5.74, 6) is 0.773. The van der Waals surface area contributed by atoms with Gasteiger partial charge in [0.15, 0.2) is 0 Å². The first-order chi connectivity index (χ1) is 11.7. The molecule has 0 atom stereocenters. The molecule has 1 amide bonds. The fourth-order valence-electron chi connectivity index (χ4n) is 2.30. The molecule has 0 saturated carbocycles. The van der Waals surface area contributed by atoms with Gasteiger partial charge in [-0.05, 0) is 58.8 Å². The molecule has 0 unspecified atom stereocenters. The van der Waals surface area contributed by atoms with Crippen molar-refractivity contribution in [3.05, 3.63) is 70.9 Å². The van der Waals surface area contributed by atoms with Crippen LogP contribution in [-0.4, -0.2) is 13.0 Å². The van der Waals surface area contributed by atoms with E-state index in [1.54, 1.807) is 18.4 Å². The van der Waals surface area contributed by atoms with Gasteiger partial charge in [-0.2, -0.15) is 11.3 Å². The second-order valence-electron chi connectivity index (χ2n) is 5.26. The predicted molar refractivity (Wildman–Crippen MR) is 99.4 cm³/mol. The standard InChI is InChI=1S/C19H18N2O2S/c1-23-16-8-6-15(7-9-16)20-17-4-2-3-5-18(17)21-19(22)12-14-10-11-24-13-14/h2-11,13,20H,12H2,1H3,(H,21,22). The summed E-state index contributed by atoms with van der Waals surface area (Å²) in [6, 6.07) is 17.3. The smallest absolute Gasteiger partial charge is 0.228 e. The number of carbonyl (C=O) groups is 1. The van der Waals surface area contributed by atoms with Crippen LogP contribution in [0.25, 0.3) is 0 Å². The van der Waals surface area contributed by atoms with Gasteiger partial charge >= 0.3 is 0 Å². The maximum atomic E-state index is 12.2. The minimum atomic E-state index is -0.0302.